The summed E-state index contributed by atoms with van der Waals surface area (Å²) >= 11 is 0.107. The van der Waals surface area contributed by atoms with Gasteiger partial charge in [0.2, 0.25) is 0 Å². The molecule has 19 heavy (non-hydrogen) atoms. The zero-order valence-corrected chi connectivity index (χ0v) is 12.5. The van der Waals surface area contributed by atoms with Crippen LogP contribution < -0.4 is 5.32 Å². The summed E-state index contributed by atoms with van der Waals surface area (Å²) in [5, 5.41) is 3.56. The summed E-state index contributed by atoms with van der Waals surface area (Å²) in [6.45, 7) is 6.54. The van der Waals surface area contributed by atoms with Crippen LogP contribution in [0.25, 0.3) is 0 Å². The lowest BCUT2D eigenvalue weighted by atomic mass is 9.87. The molecule has 2 nitrogen and oxygen atoms in total. The number of thioether (sulfide) groups is 1. The number of hydrogen-bond donors (Lipinski definition) is 1. The number of rotatable bonds is 3. The van der Waals surface area contributed by atoms with Crippen molar-refractivity contribution in [1.82, 2.24) is 10.2 Å². The summed E-state index contributed by atoms with van der Waals surface area (Å²) in [7, 11) is 0. The van der Waals surface area contributed by atoms with Crippen LogP contribution in [0.15, 0.2) is 0 Å². The van der Waals surface area contributed by atoms with Gasteiger partial charge in [0, 0.05) is 36.5 Å². The van der Waals surface area contributed by atoms with Crippen molar-refractivity contribution in [2.45, 2.75) is 56.1 Å². The quantitative estimate of drug-likeness (QED) is 0.861. The van der Waals surface area contributed by atoms with Crippen molar-refractivity contribution in [3.8, 4) is 0 Å². The molecule has 1 saturated carbocycles. The minimum Gasteiger partial charge on any atom is -0.309 e. The highest BCUT2D eigenvalue weighted by Crippen LogP contribution is 2.39. The minimum atomic E-state index is -4.10. The fraction of sp³-hybridized carbons (Fsp3) is 1.00. The van der Waals surface area contributed by atoms with E-state index >= 15 is 0 Å². The van der Waals surface area contributed by atoms with E-state index in [1.54, 1.807) is 0 Å². The number of hydrogen-bond acceptors (Lipinski definition) is 3. The van der Waals surface area contributed by atoms with Gasteiger partial charge in [0.15, 0.2) is 0 Å². The van der Waals surface area contributed by atoms with E-state index in [2.05, 4.69) is 24.1 Å². The lowest BCUT2D eigenvalue weighted by Gasteiger charge is -2.51. The summed E-state index contributed by atoms with van der Waals surface area (Å²) in [4.78, 5) is 2.31. The molecule has 2 aliphatic rings. The second-order valence-electron chi connectivity index (χ2n) is 6.38. The molecule has 1 spiro atoms. The zero-order chi connectivity index (χ0) is 14.1. The van der Waals surface area contributed by atoms with Gasteiger partial charge in [0.1, 0.15) is 0 Å². The van der Waals surface area contributed by atoms with Crippen LogP contribution in [0.1, 0.15) is 39.5 Å². The highest BCUT2D eigenvalue weighted by Gasteiger charge is 2.45. The molecule has 112 valence electrons. The van der Waals surface area contributed by atoms with Gasteiger partial charge in [-0.15, -0.1) is 0 Å². The Morgan fingerprint density at radius 3 is 2.42 bits per heavy atom. The van der Waals surface area contributed by atoms with E-state index in [1.165, 1.54) is 12.8 Å². The smallest absolute Gasteiger partial charge is 0.309 e. The van der Waals surface area contributed by atoms with Gasteiger partial charge in [-0.05, 0) is 38.5 Å². The Kier molecular flexibility index (Phi) is 4.43. The van der Waals surface area contributed by atoms with Gasteiger partial charge in [-0.3, -0.25) is 4.90 Å². The average Bonchev–Trinajstić information content (AvgIpc) is 2.71. The largest absolute Gasteiger partial charge is 0.441 e. The van der Waals surface area contributed by atoms with E-state index in [9.17, 15) is 13.2 Å². The first kappa shape index (κ1) is 15.4. The summed E-state index contributed by atoms with van der Waals surface area (Å²) in [6, 6.07) is 0. The average molecular weight is 296 g/mol. The van der Waals surface area contributed by atoms with Crippen LogP contribution in [0.2, 0.25) is 0 Å². The molecule has 1 N–H and O–H groups in total. The van der Waals surface area contributed by atoms with Crippen molar-refractivity contribution in [3.05, 3.63) is 0 Å². The van der Waals surface area contributed by atoms with Crippen molar-refractivity contribution in [2.24, 2.45) is 0 Å². The van der Waals surface area contributed by atoms with Gasteiger partial charge < -0.3 is 5.32 Å². The molecule has 0 unspecified atom stereocenters. The van der Waals surface area contributed by atoms with E-state index < -0.39 is 5.51 Å². The fourth-order valence-electron chi connectivity index (χ4n) is 3.33. The monoisotopic (exact) mass is 296 g/mol. The molecule has 1 heterocycles. The van der Waals surface area contributed by atoms with Gasteiger partial charge in [-0.1, -0.05) is 12.8 Å². The van der Waals surface area contributed by atoms with E-state index in [-0.39, 0.29) is 28.6 Å². The molecule has 0 aromatic heterocycles. The molecule has 0 aromatic rings. The van der Waals surface area contributed by atoms with Gasteiger partial charge in [-0.25, -0.2) is 0 Å². The third-order valence-corrected chi connectivity index (χ3v) is 5.03. The number of nitrogens with zero attached hydrogens (tertiary/aromatic N) is 1. The Hall–Kier alpha value is 0.0600. The number of piperazine rings is 1. The maximum absolute atomic E-state index is 12.3. The molecule has 0 amide bonds. The van der Waals surface area contributed by atoms with Crippen molar-refractivity contribution in [2.75, 3.05) is 25.4 Å². The molecular weight excluding hydrogens is 273 g/mol. The van der Waals surface area contributed by atoms with Crippen molar-refractivity contribution in [3.63, 3.8) is 0 Å². The summed E-state index contributed by atoms with van der Waals surface area (Å²) < 4.78 is 36.8. The molecule has 6 heteroatoms. The highest BCUT2D eigenvalue weighted by molar-refractivity contribution is 8.00. The van der Waals surface area contributed by atoms with Crippen molar-refractivity contribution < 1.29 is 13.2 Å². The SMILES string of the molecule is CC1(C)CN(CCSC(F)(F)F)C2(CCCC2)CN1. The lowest BCUT2D eigenvalue weighted by molar-refractivity contribution is -0.0333. The van der Waals surface area contributed by atoms with E-state index in [0.717, 1.165) is 25.9 Å². The first-order chi connectivity index (χ1) is 8.73. The van der Waals surface area contributed by atoms with Crippen LogP contribution in [0, 0.1) is 0 Å². The first-order valence-electron chi connectivity index (χ1n) is 6.93. The Bertz CT molecular complexity index is 312. The van der Waals surface area contributed by atoms with Gasteiger partial charge >= 0.3 is 5.51 Å². The molecule has 2 fully saturated rings. The minimum absolute atomic E-state index is 0.00323. The molecule has 2 rings (SSSR count). The molecule has 0 atom stereocenters. The van der Waals surface area contributed by atoms with Crippen LogP contribution in [-0.4, -0.2) is 46.9 Å². The molecule has 0 bridgehead atoms. The standard InChI is InChI=1S/C13H23F3N2S/c1-11(2)10-18(7-8-19-13(14,15)16)12(9-17-11)5-3-4-6-12/h17H,3-10H2,1-2H3. The van der Waals surface area contributed by atoms with Gasteiger partial charge in [0.25, 0.3) is 0 Å². The van der Waals surface area contributed by atoms with Gasteiger partial charge in [0.05, 0.1) is 0 Å². The fourth-order valence-corrected chi connectivity index (χ4v) is 3.87. The highest BCUT2D eigenvalue weighted by atomic mass is 32.2. The molecule has 1 saturated heterocycles. The van der Waals surface area contributed by atoms with Crippen molar-refractivity contribution >= 4 is 11.8 Å². The Morgan fingerprint density at radius 1 is 1.21 bits per heavy atom. The van der Waals surface area contributed by atoms with E-state index in [4.69, 9.17) is 0 Å². The molecule has 1 aliphatic heterocycles. The van der Waals surface area contributed by atoms with Crippen LogP contribution in [0.3, 0.4) is 0 Å². The number of nitrogens with one attached hydrogen (secondary N) is 1. The number of alkyl halides is 3. The van der Waals surface area contributed by atoms with Crippen molar-refractivity contribution in [1.29, 1.82) is 0 Å². The number of halogens is 3. The predicted molar refractivity (Wildman–Crippen MR) is 73.4 cm³/mol. The van der Waals surface area contributed by atoms with Crippen LogP contribution in [-0.2, 0) is 0 Å². The Labute approximate surface area is 117 Å². The summed E-state index contributed by atoms with van der Waals surface area (Å²) in [5.74, 6) is 0.140. The molecular formula is C13H23F3N2S. The third kappa shape index (κ3) is 4.02. The zero-order valence-electron chi connectivity index (χ0n) is 11.6. The van der Waals surface area contributed by atoms with Gasteiger partial charge in [-0.2, -0.15) is 13.2 Å². The van der Waals surface area contributed by atoms with Crippen LogP contribution >= 0.6 is 11.8 Å². The summed E-state index contributed by atoms with van der Waals surface area (Å²) in [5.41, 5.74) is -4.00. The summed E-state index contributed by atoms with van der Waals surface area (Å²) in [6.07, 6.45) is 4.63. The predicted octanol–water partition coefficient (Wildman–Crippen LogP) is 3.24. The maximum atomic E-state index is 12.3. The Balaban J connectivity index is 1.96. The van der Waals surface area contributed by atoms with Crippen LogP contribution in [0.5, 0.6) is 0 Å². The third-order valence-electron chi connectivity index (χ3n) is 4.31. The normalized spacial score (nSPS) is 27.0. The second kappa shape index (κ2) is 5.45. The van der Waals surface area contributed by atoms with E-state index in [1.807, 2.05) is 0 Å². The molecule has 0 radical (unpaired) electrons. The van der Waals surface area contributed by atoms with Crippen LogP contribution in [0.4, 0.5) is 13.2 Å². The van der Waals surface area contributed by atoms with E-state index in [0.29, 0.717) is 6.54 Å². The molecule has 0 aromatic carbocycles. The topological polar surface area (TPSA) is 15.3 Å². The maximum Gasteiger partial charge on any atom is 0.441 e. The second-order valence-corrected chi connectivity index (χ2v) is 7.54. The first-order valence-corrected chi connectivity index (χ1v) is 7.92. The lowest BCUT2D eigenvalue weighted by Crippen LogP contribution is -2.67. The molecule has 1 aliphatic carbocycles. The Morgan fingerprint density at radius 2 is 1.84 bits per heavy atom.